The van der Waals surface area contributed by atoms with Crippen LogP contribution in [-0.2, 0) is 5.41 Å². The molecular formula is C19H25N3O5. The van der Waals surface area contributed by atoms with Gasteiger partial charge in [-0.1, -0.05) is 26.8 Å². The lowest BCUT2D eigenvalue weighted by Gasteiger charge is -2.17. The molecule has 2 rings (SSSR count). The highest BCUT2D eigenvalue weighted by Crippen LogP contribution is 2.19. The first-order valence-electron chi connectivity index (χ1n) is 8.53. The van der Waals surface area contributed by atoms with Gasteiger partial charge in [0.15, 0.2) is 0 Å². The molecule has 0 fully saturated rings. The number of hydrogen-bond acceptors (Lipinski definition) is 6. The molecule has 0 radical (unpaired) electrons. The highest BCUT2D eigenvalue weighted by Gasteiger charge is 2.19. The van der Waals surface area contributed by atoms with E-state index < -0.39 is 17.6 Å². The van der Waals surface area contributed by atoms with E-state index in [2.05, 4.69) is 15.3 Å². The predicted molar refractivity (Wildman–Crippen MR) is 100 cm³/mol. The molecule has 3 N–H and O–H groups in total. The fourth-order valence-electron chi connectivity index (χ4n) is 2.19. The summed E-state index contributed by atoms with van der Waals surface area (Å²) in [4.78, 5) is 31.0. The van der Waals surface area contributed by atoms with Crippen LogP contribution < -0.4 is 20.3 Å². The van der Waals surface area contributed by atoms with E-state index in [1.807, 2.05) is 20.8 Å². The van der Waals surface area contributed by atoms with Gasteiger partial charge < -0.3 is 24.9 Å². The third-order valence-electron chi connectivity index (χ3n) is 3.74. The van der Waals surface area contributed by atoms with E-state index in [1.54, 1.807) is 31.4 Å². The summed E-state index contributed by atoms with van der Waals surface area (Å²) in [6.07, 6.45) is 0.300. The molecule has 0 spiro atoms. The molecule has 0 aliphatic rings. The Hall–Kier alpha value is -2.87. The largest absolute Gasteiger partial charge is 0.497 e. The molecule has 0 saturated carbocycles. The van der Waals surface area contributed by atoms with Crippen molar-refractivity contribution in [3.8, 4) is 11.5 Å². The average Bonchev–Trinajstić information content (AvgIpc) is 2.63. The summed E-state index contributed by atoms with van der Waals surface area (Å²) >= 11 is 0. The number of ether oxygens (including phenoxy) is 2. The molecule has 0 saturated heterocycles. The Morgan fingerprint density at radius 1 is 1.33 bits per heavy atom. The van der Waals surface area contributed by atoms with E-state index in [0.29, 0.717) is 17.3 Å². The standard InChI is InChI=1S/C19H25N3O5/c1-19(2,3)18-21-10-15(17(25)22-18)16(24)20-9-12(23)11-27-14-7-5-6-13(8-14)26-4/h5-8,10,12,23H,9,11H2,1-4H3,(H,20,24)(H,21,22,25)/t12-/m1/s1. The number of aromatic amines is 1. The SMILES string of the molecule is COc1cccc(OC[C@H](O)CNC(=O)c2cnc(C(C)(C)C)[nH]c2=O)c1. The second kappa shape index (κ2) is 8.68. The highest BCUT2D eigenvalue weighted by atomic mass is 16.5. The topological polar surface area (TPSA) is 114 Å². The van der Waals surface area contributed by atoms with Gasteiger partial charge in [-0.2, -0.15) is 0 Å². The lowest BCUT2D eigenvalue weighted by molar-refractivity contribution is 0.0842. The summed E-state index contributed by atoms with van der Waals surface area (Å²) in [5.74, 6) is 1.07. The zero-order chi connectivity index (χ0) is 20.0. The quantitative estimate of drug-likeness (QED) is 0.671. The van der Waals surface area contributed by atoms with E-state index in [1.165, 1.54) is 6.20 Å². The van der Waals surface area contributed by atoms with Crippen molar-refractivity contribution in [1.29, 1.82) is 0 Å². The summed E-state index contributed by atoms with van der Waals surface area (Å²) in [5, 5.41) is 12.5. The van der Waals surface area contributed by atoms with E-state index in [4.69, 9.17) is 9.47 Å². The number of nitrogens with zero attached hydrogens (tertiary/aromatic N) is 1. The number of benzene rings is 1. The van der Waals surface area contributed by atoms with Crippen molar-refractivity contribution in [2.75, 3.05) is 20.3 Å². The van der Waals surface area contributed by atoms with Crippen LogP contribution >= 0.6 is 0 Å². The number of rotatable bonds is 7. The molecule has 27 heavy (non-hydrogen) atoms. The van der Waals surface area contributed by atoms with E-state index in [-0.39, 0.29) is 24.1 Å². The minimum Gasteiger partial charge on any atom is -0.497 e. The minimum atomic E-state index is -0.943. The number of aromatic nitrogens is 2. The minimum absolute atomic E-state index is 0.0228. The van der Waals surface area contributed by atoms with Crippen LogP contribution in [-0.4, -0.2) is 47.3 Å². The summed E-state index contributed by atoms with van der Waals surface area (Å²) in [5.41, 5.74) is -0.958. The molecule has 1 aromatic heterocycles. The van der Waals surface area contributed by atoms with Crippen LogP contribution in [0.1, 0.15) is 37.0 Å². The molecule has 8 heteroatoms. The Bertz CT molecular complexity index is 842. The van der Waals surface area contributed by atoms with Crippen LogP contribution in [0.2, 0.25) is 0 Å². The van der Waals surface area contributed by atoms with Crippen molar-refractivity contribution in [2.24, 2.45) is 0 Å². The van der Waals surface area contributed by atoms with Crippen molar-refractivity contribution in [1.82, 2.24) is 15.3 Å². The second-order valence-electron chi connectivity index (χ2n) is 7.08. The zero-order valence-corrected chi connectivity index (χ0v) is 15.9. The zero-order valence-electron chi connectivity index (χ0n) is 15.9. The van der Waals surface area contributed by atoms with E-state index >= 15 is 0 Å². The number of aliphatic hydroxyl groups is 1. The molecule has 0 aliphatic heterocycles. The Morgan fingerprint density at radius 2 is 2.04 bits per heavy atom. The molecule has 1 heterocycles. The van der Waals surface area contributed by atoms with Crippen LogP contribution in [0, 0.1) is 0 Å². The number of carbonyl (C=O) groups is 1. The molecule has 0 unspecified atom stereocenters. The molecule has 8 nitrogen and oxygen atoms in total. The number of amides is 1. The maximum Gasteiger partial charge on any atom is 0.263 e. The number of carbonyl (C=O) groups excluding carboxylic acids is 1. The monoisotopic (exact) mass is 375 g/mol. The molecule has 1 atom stereocenters. The summed E-state index contributed by atoms with van der Waals surface area (Å²) in [6, 6.07) is 6.96. The van der Waals surface area contributed by atoms with Crippen molar-refractivity contribution in [3.05, 3.63) is 52.2 Å². The first-order valence-corrected chi connectivity index (χ1v) is 8.53. The number of aliphatic hydroxyl groups excluding tert-OH is 1. The molecule has 0 aliphatic carbocycles. The van der Waals surface area contributed by atoms with E-state index in [9.17, 15) is 14.7 Å². The third-order valence-corrected chi connectivity index (χ3v) is 3.74. The summed E-state index contributed by atoms with van der Waals surface area (Å²) in [7, 11) is 1.55. The van der Waals surface area contributed by atoms with Gasteiger partial charge in [0.2, 0.25) is 0 Å². The molecule has 2 aromatic rings. The number of nitrogens with one attached hydrogen (secondary N) is 2. The van der Waals surface area contributed by atoms with Gasteiger partial charge >= 0.3 is 0 Å². The predicted octanol–water partition coefficient (Wildman–Crippen LogP) is 1.25. The van der Waals surface area contributed by atoms with Gasteiger partial charge in [-0.25, -0.2) is 4.98 Å². The normalized spacial score (nSPS) is 12.3. The van der Waals surface area contributed by atoms with Gasteiger partial charge in [0.25, 0.3) is 11.5 Å². The van der Waals surface area contributed by atoms with Crippen LogP contribution in [0.3, 0.4) is 0 Å². The van der Waals surface area contributed by atoms with Crippen LogP contribution in [0.4, 0.5) is 0 Å². The fourth-order valence-corrected chi connectivity index (χ4v) is 2.19. The van der Waals surface area contributed by atoms with Crippen molar-refractivity contribution < 1.29 is 19.4 Å². The number of H-pyrrole nitrogens is 1. The maximum absolute atomic E-state index is 12.1. The molecule has 1 aromatic carbocycles. The Kier molecular flexibility index (Phi) is 6.57. The lowest BCUT2D eigenvalue weighted by Crippen LogP contribution is -2.38. The van der Waals surface area contributed by atoms with Gasteiger partial charge in [-0.15, -0.1) is 0 Å². The van der Waals surface area contributed by atoms with Crippen molar-refractivity contribution >= 4 is 5.91 Å². The lowest BCUT2D eigenvalue weighted by atomic mass is 9.96. The van der Waals surface area contributed by atoms with Gasteiger partial charge in [0.1, 0.15) is 35.6 Å². The van der Waals surface area contributed by atoms with Crippen LogP contribution in [0.15, 0.2) is 35.3 Å². The first-order chi connectivity index (χ1) is 12.7. The highest BCUT2D eigenvalue weighted by molar-refractivity contribution is 5.93. The van der Waals surface area contributed by atoms with Gasteiger partial charge in [-0.05, 0) is 12.1 Å². The van der Waals surface area contributed by atoms with Crippen LogP contribution in [0.25, 0.3) is 0 Å². The Morgan fingerprint density at radius 3 is 2.67 bits per heavy atom. The van der Waals surface area contributed by atoms with E-state index in [0.717, 1.165) is 0 Å². The average molecular weight is 375 g/mol. The summed E-state index contributed by atoms with van der Waals surface area (Å²) in [6.45, 7) is 5.63. The smallest absolute Gasteiger partial charge is 0.263 e. The second-order valence-corrected chi connectivity index (χ2v) is 7.08. The fraction of sp³-hybridized carbons (Fsp3) is 0.421. The number of hydrogen-bond donors (Lipinski definition) is 3. The Labute approximate surface area is 157 Å². The third kappa shape index (κ3) is 5.82. The van der Waals surface area contributed by atoms with Gasteiger partial charge in [-0.3, -0.25) is 9.59 Å². The first kappa shape index (κ1) is 20.4. The van der Waals surface area contributed by atoms with Crippen LogP contribution in [0.5, 0.6) is 11.5 Å². The maximum atomic E-state index is 12.1. The van der Waals surface area contributed by atoms with Crippen molar-refractivity contribution in [2.45, 2.75) is 32.3 Å². The Balaban J connectivity index is 1.88. The molecule has 146 valence electrons. The van der Waals surface area contributed by atoms with Gasteiger partial charge in [0.05, 0.1) is 7.11 Å². The molecular weight excluding hydrogens is 350 g/mol. The molecule has 0 bridgehead atoms. The number of methoxy groups -OCH3 is 1. The van der Waals surface area contributed by atoms with Gasteiger partial charge in [0, 0.05) is 24.2 Å². The van der Waals surface area contributed by atoms with Crippen molar-refractivity contribution in [3.63, 3.8) is 0 Å². The summed E-state index contributed by atoms with van der Waals surface area (Å²) < 4.78 is 10.6. The molecule has 1 amide bonds.